The van der Waals surface area contributed by atoms with Gasteiger partial charge in [0.25, 0.3) is 0 Å². The van der Waals surface area contributed by atoms with Crippen LogP contribution in [0.5, 0.6) is 0 Å². The Balaban J connectivity index is 5.09. The molecule has 0 aliphatic rings. The Bertz CT molecular complexity index is 301. The van der Waals surface area contributed by atoms with E-state index in [4.69, 9.17) is 20.1 Å². The largest absolute Gasteiger partial charge is 0.444 e. The molecule has 100 valence electrons. The molecule has 7 nitrogen and oxygen atoms in total. The van der Waals surface area contributed by atoms with Crippen molar-refractivity contribution >= 4 is 11.9 Å². The lowest BCUT2D eigenvalue weighted by atomic mass is 10.2. The van der Waals surface area contributed by atoms with E-state index in [1.807, 2.05) is 0 Å². The molecule has 0 bridgehead atoms. The Morgan fingerprint density at radius 2 is 1.59 bits per heavy atom. The Hall–Kier alpha value is -1.18. The van der Waals surface area contributed by atoms with Crippen LogP contribution >= 0.6 is 0 Å². The predicted molar refractivity (Wildman–Crippen MR) is 57.6 cm³/mol. The van der Waals surface area contributed by atoms with Crippen LogP contribution in [0.4, 0.5) is 4.79 Å². The number of aliphatic hydroxyl groups is 3. The molecule has 0 aromatic heterocycles. The fourth-order valence-corrected chi connectivity index (χ4v) is 1.03. The Morgan fingerprint density at radius 3 is 1.82 bits per heavy atom. The summed E-state index contributed by atoms with van der Waals surface area (Å²) in [5.41, 5.74) is -0.892. The van der Waals surface area contributed by atoms with Crippen molar-refractivity contribution in [3.63, 3.8) is 0 Å². The van der Waals surface area contributed by atoms with Gasteiger partial charge in [-0.2, -0.15) is 0 Å². The van der Waals surface area contributed by atoms with Crippen LogP contribution in [0, 0.1) is 0 Å². The van der Waals surface area contributed by atoms with Gasteiger partial charge in [-0.3, -0.25) is 4.79 Å². The zero-order chi connectivity index (χ0) is 14.0. The third kappa shape index (κ3) is 5.12. The van der Waals surface area contributed by atoms with Crippen molar-refractivity contribution in [2.45, 2.75) is 52.4 Å². The van der Waals surface area contributed by atoms with E-state index in [0.717, 1.165) is 6.92 Å². The first-order valence-electron chi connectivity index (χ1n) is 5.06. The van der Waals surface area contributed by atoms with Crippen molar-refractivity contribution < 1.29 is 29.6 Å². The fourth-order valence-electron chi connectivity index (χ4n) is 1.03. The average molecular weight is 249 g/mol. The molecule has 0 aromatic rings. The number of ketones is 1. The summed E-state index contributed by atoms with van der Waals surface area (Å²) in [7, 11) is 0. The highest BCUT2D eigenvalue weighted by Crippen LogP contribution is 2.17. The van der Waals surface area contributed by atoms with Crippen molar-refractivity contribution in [1.82, 2.24) is 4.90 Å². The smallest absolute Gasteiger partial charge is 0.417 e. The van der Waals surface area contributed by atoms with E-state index in [1.54, 1.807) is 20.8 Å². The maximum absolute atomic E-state index is 11.6. The van der Waals surface area contributed by atoms with Crippen molar-refractivity contribution in [3.05, 3.63) is 0 Å². The number of nitrogens with zero attached hydrogens (tertiary/aromatic N) is 1. The summed E-state index contributed by atoms with van der Waals surface area (Å²) in [5.74, 6) is -0.530. The third-order valence-electron chi connectivity index (χ3n) is 1.89. The van der Waals surface area contributed by atoms with Gasteiger partial charge in [0.15, 0.2) is 5.78 Å². The molecule has 0 fully saturated rings. The summed E-state index contributed by atoms with van der Waals surface area (Å²) in [5, 5.41) is 27.1. The van der Waals surface area contributed by atoms with Crippen molar-refractivity contribution in [1.29, 1.82) is 0 Å². The number of hydrogen-bond donors (Lipinski definition) is 3. The maximum atomic E-state index is 11.6. The first-order chi connectivity index (χ1) is 7.36. The van der Waals surface area contributed by atoms with E-state index < -0.39 is 29.6 Å². The maximum Gasteiger partial charge on any atom is 0.417 e. The number of carbonyl (C=O) groups excluding carboxylic acids is 2. The molecule has 0 spiro atoms. The van der Waals surface area contributed by atoms with Gasteiger partial charge in [-0.25, -0.2) is 9.69 Å². The summed E-state index contributed by atoms with van der Waals surface area (Å²) in [4.78, 5) is 22.9. The molecular formula is C10H19NO6. The van der Waals surface area contributed by atoms with E-state index in [9.17, 15) is 9.59 Å². The van der Waals surface area contributed by atoms with E-state index in [2.05, 4.69) is 0 Å². The number of hydrogen-bond acceptors (Lipinski definition) is 6. The van der Waals surface area contributed by atoms with Gasteiger partial charge < -0.3 is 20.1 Å². The molecule has 0 aliphatic heterocycles. The minimum absolute atomic E-state index is 0.153. The lowest BCUT2D eigenvalue weighted by Crippen LogP contribution is -2.58. The average Bonchev–Trinajstić information content (AvgIpc) is 1.96. The van der Waals surface area contributed by atoms with Crippen LogP contribution in [0.1, 0.15) is 34.6 Å². The molecule has 0 heterocycles. The van der Waals surface area contributed by atoms with Crippen LogP contribution in [0.25, 0.3) is 0 Å². The van der Waals surface area contributed by atoms with E-state index in [0.29, 0.717) is 0 Å². The van der Waals surface area contributed by atoms with Crippen LogP contribution < -0.4 is 0 Å². The molecule has 17 heavy (non-hydrogen) atoms. The topological polar surface area (TPSA) is 107 Å². The molecular weight excluding hydrogens is 230 g/mol. The third-order valence-corrected chi connectivity index (χ3v) is 1.89. The fraction of sp³-hybridized carbons (Fsp3) is 0.800. The lowest BCUT2D eigenvalue weighted by Gasteiger charge is -2.35. The monoisotopic (exact) mass is 249 g/mol. The second-order valence-electron chi connectivity index (χ2n) is 4.74. The van der Waals surface area contributed by atoms with Gasteiger partial charge in [-0.05, 0) is 34.6 Å². The molecule has 1 amide bonds. The van der Waals surface area contributed by atoms with Crippen LogP contribution in [-0.4, -0.2) is 49.8 Å². The van der Waals surface area contributed by atoms with E-state index in [-0.39, 0.29) is 4.90 Å². The number of ether oxygens (including phenoxy) is 1. The summed E-state index contributed by atoms with van der Waals surface area (Å²) in [6, 6.07) is -1.23. The Labute approximate surface area is 99.6 Å². The van der Waals surface area contributed by atoms with Gasteiger partial charge in [-0.1, -0.05) is 0 Å². The van der Waals surface area contributed by atoms with Gasteiger partial charge >= 0.3 is 12.2 Å². The highest BCUT2D eigenvalue weighted by molar-refractivity contribution is 5.85. The molecule has 0 saturated carbocycles. The first kappa shape index (κ1) is 15.8. The van der Waals surface area contributed by atoms with Crippen LogP contribution in [-0.2, 0) is 9.53 Å². The van der Waals surface area contributed by atoms with Gasteiger partial charge in [0.1, 0.15) is 5.60 Å². The molecule has 0 rings (SSSR count). The molecule has 0 unspecified atom stereocenters. The normalized spacial score (nSPS) is 14.1. The second kappa shape index (κ2) is 4.99. The summed E-state index contributed by atoms with van der Waals surface area (Å²) in [6.45, 7) is 7.08. The second-order valence-corrected chi connectivity index (χ2v) is 4.74. The first-order valence-corrected chi connectivity index (χ1v) is 5.06. The summed E-state index contributed by atoms with van der Waals surface area (Å²) in [6.07, 6.45) is -4.65. The van der Waals surface area contributed by atoms with E-state index >= 15 is 0 Å². The zero-order valence-corrected chi connectivity index (χ0v) is 10.6. The molecule has 3 N–H and O–H groups in total. The summed E-state index contributed by atoms with van der Waals surface area (Å²) >= 11 is 0. The molecule has 0 radical (unpaired) electrons. The van der Waals surface area contributed by atoms with Crippen LogP contribution in [0.15, 0.2) is 0 Å². The molecule has 0 aliphatic carbocycles. The highest BCUT2D eigenvalue weighted by atomic mass is 16.7. The van der Waals surface area contributed by atoms with Crippen molar-refractivity contribution in [2.24, 2.45) is 0 Å². The van der Waals surface area contributed by atoms with Crippen LogP contribution in [0.3, 0.4) is 0 Å². The van der Waals surface area contributed by atoms with Crippen LogP contribution in [0.2, 0.25) is 0 Å². The Kier molecular flexibility index (Phi) is 4.64. The summed E-state index contributed by atoms with van der Waals surface area (Å²) < 4.78 is 4.85. The quantitative estimate of drug-likeness (QED) is 0.597. The van der Waals surface area contributed by atoms with Gasteiger partial charge in [0.05, 0.1) is 6.04 Å². The van der Waals surface area contributed by atoms with E-state index in [1.165, 1.54) is 6.92 Å². The lowest BCUT2D eigenvalue weighted by molar-refractivity contribution is -0.385. The molecule has 7 heteroatoms. The van der Waals surface area contributed by atoms with Gasteiger partial charge in [0, 0.05) is 0 Å². The number of carbonyl (C=O) groups is 2. The Morgan fingerprint density at radius 1 is 1.18 bits per heavy atom. The van der Waals surface area contributed by atoms with Crippen molar-refractivity contribution in [2.75, 3.05) is 0 Å². The number of rotatable bonds is 3. The SMILES string of the molecule is CC(=O)[C@H](C)N(C(=O)OC(C)(C)C)C(O)(O)O. The highest BCUT2D eigenvalue weighted by Gasteiger charge is 2.41. The molecule has 0 saturated heterocycles. The standard InChI is InChI=1S/C10H19NO6/c1-6(7(2)12)11(10(14,15)16)8(13)17-9(3,4)5/h6,14-16H,1-5H3/t6-/m0/s1. The van der Waals surface area contributed by atoms with Gasteiger partial charge in [-0.15, -0.1) is 0 Å². The van der Waals surface area contributed by atoms with Crippen molar-refractivity contribution in [3.8, 4) is 0 Å². The minimum Gasteiger partial charge on any atom is -0.444 e. The number of Topliss-reactive ketones (excluding diaryl/α,β-unsaturated/α-hetero) is 1. The minimum atomic E-state index is -3.45. The molecule has 1 atom stereocenters. The van der Waals surface area contributed by atoms with Gasteiger partial charge in [0.2, 0.25) is 0 Å². The zero-order valence-electron chi connectivity index (χ0n) is 10.6. The predicted octanol–water partition coefficient (Wildman–Crippen LogP) is -0.211. The number of amides is 1. The molecule has 0 aromatic carbocycles.